The van der Waals surface area contributed by atoms with Crippen LogP contribution in [-0.2, 0) is 9.53 Å². The molecule has 1 rings (SSSR count). The molecule has 0 atom stereocenters. The summed E-state index contributed by atoms with van der Waals surface area (Å²) in [6.45, 7) is 0. The Morgan fingerprint density at radius 1 is 1.60 bits per heavy atom. The van der Waals surface area contributed by atoms with Crippen molar-refractivity contribution in [3.8, 4) is 6.07 Å². The van der Waals surface area contributed by atoms with Crippen molar-refractivity contribution in [2.75, 3.05) is 7.11 Å². The van der Waals surface area contributed by atoms with E-state index in [0.29, 0.717) is 5.56 Å². The minimum atomic E-state index is -0.576. The number of hydrogen-bond donors (Lipinski definition) is 0. The Kier molecular flexibility index (Phi) is 3.58. The van der Waals surface area contributed by atoms with Gasteiger partial charge in [-0.1, -0.05) is 6.07 Å². The molecule has 1 aromatic rings. The second-order valence-corrected chi connectivity index (χ2v) is 2.71. The number of esters is 1. The topological polar surface area (TPSA) is 50.1 Å². The van der Waals surface area contributed by atoms with Gasteiger partial charge in [-0.15, -0.1) is 0 Å². The van der Waals surface area contributed by atoms with Crippen molar-refractivity contribution in [3.05, 3.63) is 41.2 Å². The summed E-state index contributed by atoms with van der Waals surface area (Å²) >= 11 is 0. The van der Waals surface area contributed by atoms with Crippen molar-refractivity contribution in [1.82, 2.24) is 0 Å². The molecule has 0 radical (unpaired) electrons. The van der Waals surface area contributed by atoms with Gasteiger partial charge in [-0.3, -0.25) is 0 Å². The van der Waals surface area contributed by atoms with Crippen LogP contribution in [0.2, 0.25) is 0 Å². The molecule has 0 aliphatic rings. The highest BCUT2D eigenvalue weighted by atomic mass is 19.1. The number of nitriles is 1. The highest BCUT2D eigenvalue weighted by Gasteiger charge is 2.00. The van der Waals surface area contributed by atoms with E-state index in [0.717, 1.165) is 0 Å². The maximum atomic E-state index is 12.9. The molecule has 15 heavy (non-hydrogen) atoms. The molecule has 76 valence electrons. The fraction of sp³-hybridized carbons (Fsp3) is 0.0909. The Morgan fingerprint density at radius 3 is 2.93 bits per heavy atom. The summed E-state index contributed by atoms with van der Waals surface area (Å²) in [5.41, 5.74) is 0.514. The first-order valence-electron chi connectivity index (χ1n) is 4.13. The number of ether oxygens (including phenoxy) is 1. The Labute approximate surface area is 86.4 Å². The van der Waals surface area contributed by atoms with Crippen molar-refractivity contribution >= 4 is 12.0 Å². The highest BCUT2D eigenvalue weighted by Crippen LogP contribution is 2.10. The molecule has 0 fully saturated rings. The monoisotopic (exact) mass is 205 g/mol. The standard InChI is InChI=1S/C11H8FNO2/c1-15-11(14)5-3-8-2-4-10(12)9(6-8)7-13/h2-6H,1H3. The first kappa shape index (κ1) is 10.9. The average molecular weight is 205 g/mol. The predicted octanol–water partition coefficient (Wildman–Crippen LogP) is 1.88. The zero-order valence-electron chi connectivity index (χ0n) is 8.03. The smallest absolute Gasteiger partial charge is 0.330 e. The van der Waals surface area contributed by atoms with Gasteiger partial charge in [0.25, 0.3) is 0 Å². The summed E-state index contributed by atoms with van der Waals surface area (Å²) in [7, 11) is 1.26. The number of methoxy groups -OCH3 is 1. The summed E-state index contributed by atoms with van der Waals surface area (Å²) in [4.78, 5) is 10.8. The van der Waals surface area contributed by atoms with E-state index in [9.17, 15) is 9.18 Å². The molecular formula is C11H8FNO2. The minimum absolute atomic E-state index is 0.0537. The molecule has 4 heteroatoms. The molecule has 3 nitrogen and oxygen atoms in total. The van der Waals surface area contributed by atoms with E-state index in [1.54, 1.807) is 6.07 Å². The summed E-state index contributed by atoms with van der Waals surface area (Å²) in [5, 5.41) is 8.56. The zero-order valence-corrected chi connectivity index (χ0v) is 8.03. The predicted molar refractivity (Wildman–Crippen MR) is 52.2 cm³/mol. The van der Waals surface area contributed by atoms with Crippen LogP contribution < -0.4 is 0 Å². The lowest BCUT2D eigenvalue weighted by atomic mass is 10.1. The number of rotatable bonds is 2. The van der Waals surface area contributed by atoms with E-state index in [-0.39, 0.29) is 5.56 Å². The average Bonchev–Trinajstić information content (AvgIpc) is 2.27. The molecule has 0 N–H and O–H groups in total. The number of hydrogen-bond acceptors (Lipinski definition) is 3. The fourth-order valence-corrected chi connectivity index (χ4v) is 0.965. The molecule has 0 saturated carbocycles. The third kappa shape index (κ3) is 2.92. The fourth-order valence-electron chi connectivity index (χ4n) is 0.965. The molecular weight excluding hydrogens is 197 g/mol. The molecule has 0 saturated heterocycles. The number of benzene rings is 1. The van der Waals surface area contributed by atoms with Crippen molar-refractivity contribution in [3.63, 3.8) is 0 Å². The van der Waals surface area contributed by atoms with Gasteiger partial charge in [-0.2, -0.15) is 5.26 Å². The lowest BCUT2D eigenvalue weighted by Crippen LogP contribution is -1.93. The van der Waals surface area contributed by atoms with Gasteiger partial charge in [-0.25, -0.2) is 9.18 Å². The van der Waals surface area contributed by atoms with E-state index < -0.39 is 11.8 Å². The van der Waals surface area contributed by atoms with Crippen LogP contribution in [0.1, 0.15) is 11.1 Å². The van der Waals surface area contributed by atoms with Crippen molar-refractivity contribution < 1.29 is 13.9 Å². The SMILES string of the molecule is COC(=O)C=Cc1ccc(F)c(C#N)c1. The lowest BCUT2D eigenvalue weighted by Gasteiger charge is -1.96. The van der Waals surface area contributed by atoms with Crippen LogP contribution in [0.25, 0.3) is 6.08 Å². The van der Waals surface area contributed by atoms with E-state index >= 15 is 0 Å². The second kappa shape index (κ2) is 4.91. The van der Waals surface area contributed by atoms with E-state index in [2.05, 4.69) is 4.74 Å². The van der Waals surface area contributed by atoms with Gasteiger partial charge in [0, 0.05) is 6.08 Å². The molecule has 0 unspecified atom stereocenters. The van der Waals surface area contributed by atoms with Crippen LogP contribution >= 0.6 is 0 Å². The van der Waals surface area contributed by atoms with Gasteiger partial charge in [0.2, 0.25) is 0 Å². The van der Waals surface area contributed by atoms with Crippen molar-refractivity contribution in [2.45, 2.75) is 0 Å². The van der Waals surface area contributed by atoms with E-state index in [4.69, 9.17) is 5.26 Å². The number of carbonyl (C=O) groups is 1. The van der Waals surface area contributed by atoms with Gasteiger partial charge >= 0.3 is 5.97 Å². The Bertz CT molecular complexity index is 446. The quantitative estimate of drug-likeness (QED) is 0.547. The molecule has 0 aliphatic heterocycles. The first-order chi connectivity index (χ1) is 7.17. The number of carbonyl (C=O) groups excluding carboxylic acids is 1. The number of halogens is 1. The van der Waals surface area contributed by atoms with Crippen molar-refractivity contribution in [1.29, 1.82) is 5.26 Å². The Balaban J connectivity index is 2.94. The third-order valence-corrected chi connectivity index (χ3v) is 1.72. The number of nitrogens with zero attached hydrogens (tertiary/aromatic N) is 1. The highest BCUT2D eigenvalue weighted by molar-refractivity contribution is 5.86. The van der Waals surface area contributed by atoms with Crippen LogP contribution in [-0.4, -0.2) is 13.1 Å². The second-order valence-electron chi connectivity index (χ2n) is 2.71. The molecule has 0 bridgehead atoms. The Hall–Kier alpha value is -2.15. The summed E-state index contributed by atoms with van der Waals surface area (Å²) in [6.07, 6.45) is 2.65. The van der Waals surface area contributed by atoms with Gasteiger partial charge in [-0.05, 0) is 23.8 Å². The lowest BCUT2D eigenvalue weighted by molar-refractivity contribution is -0.134. The van der Waals surface area contributed by atoms with Gasteiger partial charge in [0.15, 0.2) is 0 Å². The van der Waals surface area contributed by atoms with Crippen molar-refractivity contribution in [2.24, 2.45) is 0 Å². The van der Waals surface area contributed by atoms with Gasteiger partial charge in [0.1, 0.15) is 11.9 Å². The summed E-state index contributed by atoms with van der Waals surface area (Å²) in [6, 6.07) is 5.71. The third-order valence-electron chi connectivity index (χ3n) is 1.72. The molecule has 0 amide bonds. The first-order valence-corrected chi connectivity index (χ1v) is 4.13. The van der Waals surface area contributed by atoms with E-state index in [1.807, 2.05) is 0 Å². The van der Waals surface area contributed by atoms with E-state index in [1.165, 1.54) is 37.5 Å². The largest absolute Gasteiger partial charge is 0.466 e. The van der Waals surface area contributed by atoms with Crippen LogP contribution in [0, 0.1) is 17.1 Å². The Morgan fingerprint density at radius 2 is 2.33 bits per heavy atom. The maximum Gasteiger partial charge on any atom is 0.330 e. The minimum Gasteiger partial charge on any atom is -0.466 e. The zero-order chi connectivity index (χ0) is 11.3. The molecule has 0 aliphatic carbocycles. The molecule has 0 spiro atoms. The normalized spacial score (nSPS) is 9.93. The van der Waals surface area contributed by atoms with Gasteiger partial charge in [0.05, 0.1) is 12.7 Å². The van der Waals surface area contributed by atoms with Gasteiger partial charge < -0.3 is 4.74 Å². The molecule has 1 aromatic carbocycles. The van der Waals surface area contributed by atoms with Crippen LogP contribution in [0.15, 0.2) is 24.3 Å². The van der Waals surface area contributed by atoms with Crippen LogP contribution in [0.4, 0.5) is 4.39 Å². The van der Waals surface area contributed by atoms with Crippen LogP contribution in [0.5, 0.6) is 0 Å². The summed E-state index contributed by atoms with van der Waals surface area (Å²) < 4.78 is 17.3. The molecule has 0 heterocycles. The molecule has 0 aromatic heterocycles. The maximum absolute atomic E-state index is 12.9. The van der Waals surface area contributed by atoms with Crippen LogP contribution in [0.3, 0.4) is 0 Å². The summed E-state index contributed by atoms with van der Waals surface area (Å²) in [5.74, 6) is -1.08.